The van der Waals surface area contributed by atoms with Crippen LogP contribution >= 0.6 is 11.3 Å². The predicted molar refractivity (Wildman–Crippen MR) is 155 cm³/mol. The Morgan fingerprint density at radius 3 is 2.78 bits per heavy atom. The number of likely N-dealkylation sites (N-methyl/N-ethyl adjacent to an activating group) is 1. The predicted octanol–water partition coefficient (Wildman–Crippen LogP) is 4.04. The molecule has 2 aliphatic rings. The number of carbonyl (C=O) groups is 2. The summed E-state index contributed by atoms with van der Waals surface area (Å²) >= 11 is 1.59. The maximum Gasteiger partial charge on any atom is 0.254 e. The lowest BCUT2D eigenvalue weighted by molar-refractivity contribution is -0.125. The van der Waals surface area contributed by atoms with Crippen LogP contribution in [-0.4, -0.2) is 77.2 Å². The van der Waals surface area contributed by atoms with Gasteiger partial charge in [0.1, 0.15) is 27.3 Å². The Bertz CT molecular complexity index is 1380. The third-order valence-electron chi connectivity index (χ3n) is 6.95. The summed E-state index contributed by atoms with van der Waals surface area (Å²) in [7, 11) is 1.62. The van der Waals surface area contributed by atoms with Crippen molar-refractivity contribution in [2.24, 2.45) is 5.92 Å². The van der Waals surface area contributed by atoms with E-state index in [0.29, 0.717) is 61.5 Å². The number of carbonyl (C=O) groups excluding carboxylic acids is 2. The summed E-state index contributed by atoms with van der Waals surface area (Å²) in [6, 6.07) is 12.7. The van der Waals surface area contributed by atoms with Crippen molar-refractivity contribution in [3.05, 3.63) is 63.6 Å². The van der Waals surface area contributed by atoms with E-state index in [1.54, 1.807) is 36.6 Å². The molecular formula is C30H37N5O5S. The first kappa shape index (κ1) is 29.0. The van der Waals surface area contributed by atoms with Gasteiger partial charge in [-0.3, -0.25) is 14.5 Å². The summed E-state index contributed by atoms with van der Waals surface area (Å²) in [6.45, 7) is 8.96. The van der Waals surface area contributed by atoms with E-state index in [9.17, 15) is 9.59 Å². The highest BCUT2D eigenvalue weighted by Crippen LogP contribution is 2.30. The van der Waals surface area contributed by atoms with Crippen LogP contribution < -0.4 is 14.8 Å². The standard InChI is InChI=1S/C30H37N5O5S/c1-19(2)17-38-24-11-22-12-25(13-24)40-23-7-5-6-21(10-23)18-39-27-14-35(16-29-33-32-20(3)41-29)9-8-26(27)31-28(36)15-34(4)30(22)37/h5-7,10-13,19,26-27H,8-9,14-18H2,1-4H3,(H,31,36)/t26-,27-/m0/s1. The highest BCUT2D eigenvalue weighted by molar-refractivity contribution is 7.11. The normalized spacial score (nSPS) is 20.4. The number of ether oxygens (including phenoxy) is 3. The number of nitrogens with one attached hydrogen (secondary N) is 1. The van der Waals surface area contributed by atoms with Gasteiger partial charge >= 0.3 is 0 Å². The molecule has 1 saturated heterocycles. The minimum absolute atomic E-state index is 0.0812. The zero-order valence-electron chi connectivity index (χ0n) is 24.0. The molecule has 0 saturated carbocycles. The lowest BCUT2D eigenvalue weighted by Crippen LogP contribution is -2.56. The van der Waals surface area contributed by atoms with Crippen molar-refractivity contribution in [3.63, 3.8) is 0 Å². The molecular weight excluding hydrogens is 542 g/mol. The molecule has 2 aromatic carbocycles. The summed E-state index contributed by atoms with van der Waals surface area (Å²) in [6.07, 6.45) is 0.474. The zero-order chi connectivity index (χ0) is 28.9. The number of benzene rings is 2. The third-order valence-corrected chi connectivity index (χ3v) is 7.78. The first-order valence-corrected chi connectivity index (χ1v) is 14.8. The Morgan fingerprint density at radius 2 is 2.00 bits per heavy atom. The Balaban J connectivity index is 1.40. The topological polar surface area (TPSA) is 106 Å². The minimum atomic E-state index is -0.296. The van der Waals surface area contributed by atoms with E-state index >= 15 is 0 Å². The molecule has 4 bridgehead atoms. The Morgan fingerprint density at radius 1 is 1.15 bits per heavy atom. The highest BCUT2D eigenvalue weighted by atomic mass is 32.1. The number of amides is 2. The SMILES string of the molecule is Cc1nnc(CN2CC[C@@H]3NC(=O)CN(C)C(=O)c4cc(OCC(C)C)cc(c4)Oc4cccc(c4)CO[C@H]3C2)s1. The molecule has 0 unspecified atom stereocenters. The van der Waals surface area contributed by atoms with E-state index in [1.807, 2.05) is 31.2 Å². The number of hydrogen-bond acceptors (Lipinski definition) is 9. The summed E-state index contributed by atoms with van der Waals surface area (Å²) in [5.74, 6) is 1.44. The van der Waals surface area contributed by atoms with Gasteiger partial charge in [0.05, 0.1) is 38.4 Å². The number of nitrogens with zero attached hydrogens (tertiary/aromatic N) is 4. The van der Waals surface area contributed by atoms with E-state index in [2.05, 4.69) is 34.3 Å². The number of piperidine rings is 1. The summed E-state index contributed by atoms with van der Waals surface area (Å²) < 4.78 is 18.6. The monoisotopic (exact) mass is 579 g/mol. The Hall–Kier alpha value is -3.54. The molecule has 1 aromatic heterocycles. The van der Waals surface area contributed by atoms with Gasteiger partial charge in [-0.25, -0.2) is 0 Å². The van der Waals surface area contributed by atoms with E-state index in [1.165, 1.54) is 4.90 Å². The van der Waals surface area contributed by atoms with E-state index in [-0.39, 0.29) is 30.5 Å². The molecule has 0 aliphatic carbocycles. The number of fused-ring (bicyclic) bond motifs is 5. The third kappa shape index (κ3) is 7.81. The fourth-order valence-electron chi connectivity index (χ4n) is 4.95. The van der Waals surface area contributed by atoms with Gasteiger partial charge in [0, 0.05) is 31.8 Å². The van der Waals surface area contributed by atoms with Crippen LogP contribution in [0.15, 0.2) is 42.5 Å². The van der Waals surface area contributed by atoms with Crippen LogP contribution in [0, 0.1) is 12.8 Å². The van der Waals surface area contributed by atoms with Crippen molar-refractivity contribution < 1.29 is 23.8 Å². The quantitative estimate of drug-likeness (QED) is 0.483. The zero-order valence-corrected chi connectivity index (χ0v) is 24.8. The van der Waals surface area contributed by atoms with E-state index in [4.69, 9.17) is 14.2 Å². The second-order valence-electron chi connectivity index (χ2n) is 11.1. The van der Waals surface area contributed by atoms with Gasteiger partial charge in [-0.2, -0.15) is 0 Å². The number of likely N-dealkylation sites (tertiary alicyclic amines) is 1. The molecule has 0 radical (unpaired) electrons. The molecule has 0 spiro atoms. The van der Waals surface area contributed by atoms with Crippen LogP contribution in [0.3, 0.4) is 0 Å². The van der Waals surface area contributed by atoms with Crippen molar-refractivity contribution in [2.75, 3.05) is 33.3 Å². The van der Waals surface area contributed by atoms with Crippen LogP contribution in [0.25, 0.3) is 0 Å². The lowest BCUT2D eigenvalue weighted by Gasteiger charge is -2.38. The molecule has 10 nitrogen and oxygen atoms in total. The second kappa shape index (κ2) is 13.0. The summed E-state index contributed by atoms with van der Waals surface area (Å²) in [5.41, 5.74) is 1.33. The molecule has 218 valence electrons. The molecule has 2 aliphatic heterocycles. The molecule has 3 heterocycles. The highest BCUT2D eigenvalue weighted by Gasteiger charge is 2.32. The van der Waals surface area contributed by atoms with Crippen molar-refractivity contribution in [2.45, 2.75) is 52.5 Å². The van der Waals surface area contributed by atoms with Gasteiger partial charge in [-0.1, -0.05) is 26.0 Å². The minimum Gasteiger partial charge on any atom is -0.493 e. The van der Waals surface area contributed by atoms with Crippen LogP contribution in [0.1, 0.15) is 46.2 Å². The first-order chi connectivity index (χ1) is 19.7. The Labute approximate surface area is 244 Å². The molecule has 41 heavy (non-hydrogen) atoms. The van der Waals surface area contributed by atoms with Gasteiger partial charge in [-0.15, -0.1) is 21.5 Å². The van der Waals surface area contributed by atoms with Gasteiger partial charge in [0.15, 0.2) is 0 Å². The summed E-state index contributed by atoms with van der Waals surface area (Å²) in [5, 5.41) is 13.4. The fraction of sp³-hybridized carbons (Fsp3) is 0.467. The molecule has 3 aromatic rings. The molecule has 5 rings (SSSR count). The molecule has 11 heteroatoms. The fourth-order valence-corrected chi connectivity index (χ4v) is 5.70. The summed E-state index contributed by atoms with van der Waals surface area (Å²) in [4.78, 5) is 30.2. The van der Waals surface area contributed by atoms with E-state index < -0.39 is 0 Å². The Kier molecular flexibility index (Phi) is 9.16. The van der Waals surface area contributed by atoms with Gasteiger partial charge in [0.2, 0.25) is 5.91 Å². The second-order valence-corrected chi connectivity index (χ2v) is 12.3. The van der Waals surface area contributed by atoms with Gasteiger partial charge < -0.3 is 24.4 Å². The average Bonchev–Trinajstić information content (AvgIpc) is 3.35. The molecule has 1 N–H and O–H groups in total. The molecule has 2 atom stereocenters. The van der Waals surface area contributed by atoms with Crippen molar-refractivity contribution in [1.29, 1.82) is 0 Å². The first-order valence-electron chi connectivity index (χ1n) is 13.9. The van der Waals surface area contributed by atoms with Crippen molar-refractivity contribution >= 4 is 23.2 Å². The van der Waals surface area contributed by atoms with Gasteiger partial charge in [0.25, 0.3) is 5.91 Å². The van der Waals surface area contributed by atoms with Gasteiger partial charge in [-0.05, 0) is 49.1 Å². The van der Waals surface area contributed by atoms with E-state index in [0.717, 1.165) is 22.1 Å². The number of aryl methyl sites for hydroxylation is 1. The van der Waals surface area contributed by atoms with Crippen LogP contribution in [0.4, 0.5) is 0 Å². The molecule has 2 amide bonds. The van der Waals surface area contributed by atoms with Crippen LogP contribution in [-0.2, 0) is 22.7 Å². The van der Waals surface area contributed by atoms with Crippen molar-refractivity contribution in [3.8, 4) is 17.2 Å². The maximum atomic E-state index is 13.4. The maximum absolute atomic E-state index is 13.4. The number of hydrogen-bond donors (Lipinski definition) is 1. The molecule has 1 fully saturated rings. The average molecular weight is 580 g/mol. The number of aromatic nitrogens is 2. The van der Waals surface area contributed by atoms with Crippen LogP contribution in [0.5, 0.6) is 17.2 Å². The smallest absolute Gasteiger partial charge is 0.254 e. The van der Waals surface area contributed by atoms with Crippen LogP contribution in [0.2, 0.25) is 0 Å². The number of rotatable bonds is 5. The lowest BCUT2D eigenvalue weighted by atomic mass is 10.0. The largest absolute Gasteiger partial charge is 0.493 e. The van der Waals surface area contributed by atoms with Crippen molar-refractivity contribution in [1.82, 2.24) is 25.3 Å².